The van der Waals surface area contributed by atoms with E-state index in [4.69, 9.17) is 0 Å². The van der Waals surface area contributed by atoms with E-state index in [1.165, 1.54) is 11.3 Å². The first-order valence-electron chi connectivity index (χ1n) is 9.69. The molecule has 9 heteroatoms. The second-order valence-electron chi connectivity index (χ2n) is 8.24. The van der Waals surface area contributed by atoms with E-state index in [-0.39, 0.29) is 29.9 Å². The fourth-order valence-electron chi connectivity index (χ4n) is 2.60. The summed E-state index contributed by atoms with van der Waals surface area (Å²) < 4.78 is 0. The van der Waals surface area contributed by atoms with Gasteiger partial charge in [0.2, 0.25) is 5.91 Å². The molecule has 4 amide bonds. The maximum atomic E-state index is 12.1. The summed E-state index contributed by atoms with van der Waals surface area (Å²) in [7, 11) is 0. The van der Waals surface area contributed by atoms with Crippen molar-refractivity contribution >= 4 is 34.3 Å². The quantitative estimate of drug-likeness (QED) is 0.562. The molecule has 1 aromatic carbocycles. The number of thiazole rings is 1. The van der Waals surface area contributed by atoms with Crippen LogP contribution in [-0.2, 0) is 4.79 Å². The second kappa shape index (κ2) is 9.71. The summed E-state index contributed by atoms with van der Waals surface area (Å²) in [5, 5.41) is 11.2. The Morgan fingerprint density at radius 1 is 1.10 bits per heavy atom. The molecular formula is C21H29N5O3S. The summed E-state index contributed by atoms with van der Waals surface area (Å²) in [5.74, 6) is -0.387. The second-order valence-corrected chi connectivity index (χ2v) is 9.24. The van der Waals surface area contributed by atoms with Crippen molar-refractivity contribution < 1.29 is 14.4 Å². The number of carbonyl (C=O) groups is 3. The Morgan fingerprint density at radius 2 is 1.73 bits per heavy atom. The lowest BCUT2D eigenvalue weighted by molar-refractivity contribution is -0.121. The number of hydrogen-bond acceptors (Lipinski definition) is 5. The molecule has 0 saturated heterocycles. The molecular weight excluding hydrogens is 402 g/mol. The molecule has 0 spiro atoms. The third kappa shape index (κ3) is 7.14. The maximum absolute atomic E-state index is 12.1. The van der Waals surface area contributed by atoms with Crippen molar-refractivity contribution in [3.8, 4) is 10.4 Å². The number of hydrogen-bond donors (Lipinski definition) is 4. The van der Waals surface area contributed by atoms with Gasteiger partial charge in [-0.25, -0.2) is 9.78 Å². The van der Waals surface area contributed by atoms with E-state index < -0.39 is 6.03 Å². The van der Waals surface area contributed by atoms with Crippen LogP contribution in [-0.4, -0.2) is 41.0 Å². The molecule has 0 atom stereocenters. The Hall–Kier alpha value is -2.94. The predicted octanol–water partition coefficient (Wildman–Crippen LogP) is 3.29. The van der Waals surface area contributed by atoms with Gasteiger partial charge in [0.05, 0.1) is 17.1 Å². The van der Waals surface area contributed by atoms with Crippen LogP contribution in [0.5, 0.6) is 0 Å². The lowest BCUT2D eigenvalue weighted by Gasteiger charge is -2.20. The van der Waals surface area contributed by atoms with Gasteiger partial charge in [0.1, 0.15) is 0 Å². The van der Waals surface area contributed by atoms with Crippen LogP contribution in [0.2, 0.25) is 0 Å². The minimum atomic E-state index is -0.500. The monoisotopic (exact) mass is 431 g/mol. The third-order valence-electron chi connectivity index (χ3n) is 3.77. The number of anilines is 1. The van der Waals surface area contributed by atoms with E-state index in [2.05, 4.69) is 26.3 Å². The summed E-state index contributed by atoms with van der Waals surface area (Å²) in [4.78, 5) is 41.2. The summed E-state index contributed by atoms with van der Waals surface area (Å²) in [5.41, 5.74) is 1.90. The summed E-state index contributed by atoms with van der Waals surface area (Å²) in [6.45, 7) is 11.2. The van der Waals surface area contributed by atoms with E-state index in [0.717, 1.165) is 16.1 Å². The van der Waals surface area contributed by atoms with E-state index in [1.807, 2.05) is 53.7 Å². The average Bonchev–Trinajstić information content (AvgIpc) is 2.98. The number of nitrogens with zero attached hydrogens (tertiary/aromatic N) is 1. The molecule has 0 aliphatic carbocycles. The molecule has 0 aliphatic heterocycles. The molecule has 0 bridgehead atoms. The van der Waals surface area contributed by atoms with E-state index in [0.29, 0.717) is 10.7 Å². The van der Waals surface area contributed by atoms with Gasteiger partial charge >= 0.3 is 6.03 Å². The zero-order valence-corrected chi connectivity index (χ0v) is 19.0. The number of carbonyl (C=O) groups excluding carboxylic acids is 3. The first-order chi connectivity index (χ1) is 13.9. The van der Waals surface area contributed by atoms with Gasteiger partial charge in [0.25, 0.3) is 5.91 Å². The largest absolute Gasteiger partial charge is 0.350 e. The van der Waals surface area contributed by atoms with E-state index in [1.54, 1.807) is 12.1 Å². The van der Waals surface area contributed by atoms with Crippen LogP contribution in [0, 0.1) is 6.92 Å². The molecule has 4 N–H and O–H groups in total. The van der Waals surface area contributed by atoms with Crippen molar-refractivity contribution in [2.75, 3.05) is 11.9 Å². The molecule has 2 aromatic rings. The van der Waals surface area contributed by atoms with Gasteiger partial charge in [-0.1, -0.05) is 23.5 Å². The Kier molecular flexibility index (Phi) is 7.55. The maximum Gasteiger partial charge on any atom is 0.321 e. The lowest BCUT2D eigenvalue weighted by Crippen LogP contribution is -2.46. The topological polar surface area (TPSA) is 112 Å². The van der Waals surface area contributed by atoms with Crippen molar-refractivity contribution in [1.82, 2.24) is 20.9 Å². The fraction of sp³-hybridized carbons (Fsp3) is 0.429. The first kappa shape index (κ1) is 23.3. The van der Waals surface area contributed by atoms with Crippen LogP contribution in [0.4, 0.5) is 9.93 Å². The zero-order valence-electron chi connectivity index (χ0n) is 18.2. The summed E-state index contributed by atoms with van der Waals surface area (Å²) in [6.07, 6.45) is 0. The Bertz CT molecular complexity index is 914. The van der Waals surface area contributed by atoms with Crippen molar-refractivity contribution in [1.29, 1.82) is 0 Å². The number of rotatable bonds is 6. The molecule has 8 nitrogen and oxygen atoms in total. The van der Waals surface area contributed by atoms with Gasteiger partial charge in [0.15, 0.2) is 5.13 Å². The van der Waals surface area contributed by atoms with Gasteiger partial charge < -0.3 is 16.0 Å². The molecule has 30 heavy (non-hydrogen) atoms. The van der Waals surface area contributed by atoms with Crippen LogP contribution >= 0.6 is 11.3 Å². The lowest BCUT2D eigenvalue weighted by atomic mass is 10.1. The SMILES string of the molecule is Cc1nc(NC(=O)NCC(=O)NC(C)(C)C)sc1-c1ccc(C(=O)NC(C)C)cc1. The van der Waals surface area contributed by atoms with Crippen LogP contribution in [0.25, 0.3) is 10.4 Å². The molecule has 0 unspecified atom stereocenters. The van der Waals surface area contributed by atoms with Gasteiger partial charge in [0, 0.05) is 17.1 Å². The highest BCUT2D eigenvalue weighted by molar-refractivity contribution is 7.19. The highest BCUT2D eigenvalue weighted by Gasteiger charge is 2.16. The highest BCUT2D eigenvalue weighted by Crippen LogP contribution is 2.32. The van der Waals surface area contributed by atoms with Gasteiger partial charge in [-0.05, 0) is 59.2 Å². The van der Waals surface area contributed by atoms with E-state index in [9.17, 15) is 14.4 Å². The zero-order chi connectivity index (χ0) is 22.5. The summed E-state index contributed by atoms with van der Waals surface area (Å²) in [6, 6.07) is 6.81. The first-order valence-corrected chi connectivity index (χ1v) is 10.5. The molecule has 0 radical (unpaired) electrons. The van der Waals surface area contributed by atoms with Gasteiger partial charge in [-0.2, -0.15) is 0 Å². The third-order valence-corrected chi connectivity index (χ3v) is 4.89. The minimum Gasteiger partial charge on any atom is -0.350 e. The van der Waals surface area contributed by atoms with Crippen molar-refractivity contribution in [2.45, 2.75) is 53.1 Å². The number of amides is 4. The molecule has 0 saturated carbocycles. The molecule has 0 aliphatic rings. The Balaban J connectivity index is 1.99. The highest BCUT2D eigenvalue weighted by atomic mass is 32.1. The molecule has 0 fully saturated rings. The standard InChI is InChI=1S/C21H29N5O3S/c1-12(2)23-18(28)15-9-7-14(8-10-15)17-13(3)24-20(30-17)25-19(29)22-11-16(27)26-21(4,5)6/h7-10,12H,11H2,1-6H3,(H,23,28)(H,26,27)(H2,22,24,25,29). The fourth-order valence-corrected chi connectivity index (χ4v) is 3.57. The van der Waals surface area contributed by atoms with Crippen molar-refractivity contribution in [3.63, 3.8) is 0 Å². The molecule has 2 rings (SSSR count). The van der Waals surface area contributed by atoms with E-state index >= 15 is 0 Å². The van der Waals surface area contributed by atoms with Crippen LogP contribution in [0.15, 0.2) is 24.3 Å². The van der Waals surface area contributed by atoms with Crippen LogP contribution in [0.1, 0.15) is 50.7 Å². The Labute approximate surface area is 180 Å². The van der Waals surface area contributed by atoms with Gasteiger partial charge in [-0.15, -0.1) is 0 Å². The molecule has 162 valence electrons. The normalized spacial score (nSPS) is 11.2. The van der Waals surface area contributed by atoms with Gasteiger partial charge in [-0.3, -0.25) is 14.9 Å². The smallest absolute Gasteiger partial charge is 0.321 e. The number of nitrogens with one attached hydrogen (secondary N) is 4. The summed E-state index contributed by atoms with van der Waals surface area (Å²) >= 11 is 1.33. The number of benzene rings is 1. The molecule has 1 heterocycles. The predicted molar refractivity (Wildman–Crippen MR) is 120 cm³/mol. The van der Waals surface area contributed by atoms with Crippen LogP contribution in [0.3, 0.4) is 0 Å². The number of urea groups is 1. The molecule has 1 aromatic heterocycles. The van der Waals surface area contributed by atoms with Crippen molar-refractivity contribution in [2.24, 2.45) is 0 Å². The van der Waals surface area contributed by atoms with Crippen LogP contribution < -0.4 is 21.3 Å². The average molecular weight is 432 g/mol. The Morgan fingerprint density at radius 3 is 2.30 bits per heavy atom. The minimum absolute atomic E-state index is 0.0697. The number of aryl methyl sites for hydroxylation is 1. The van der Waals surface area contributed by atoms with Crippen molar-refractivity contribution in [3.05, 3.63) is 35.5 Å². The number of aromatic nitrogens is 1.